The van der Waals surface area contributed by atoms with Gasteiger partial charge in [0.25, 0.3) is 0 Å². The van der Waals surface area contributed by atoms with Gasteiger partial charge in [-0.15, -0.1) is 0 Å². The second kappa shape index (κ2) is 6.61. The van der Waals surface area contributed by atoms with E-state index in [1.165, 1.54) is 0 Å². The fourth-order valence-electron chi connectivity index (χ4n) is 2.54. The Balaban J connectivity index is 2.57. The van der Waals surface area contributed by atoms with Crippen LogP contribution >= 0.6 is 0 Å². The Morgan fingerprint density at radius 2 is 1.89 bits per heavy atom. The van der Waals surface area contributed by atoms with Crippen molar-refractivity contribution in [2.45, 2.75) is 52.5 Å². The predicted octanol–water partition coefficient (Wildman–Crippen LogP) is 1.70. The molecule has 1 saturated carbocycles. The van der Waals surface area contributed by atoms with Gasteiger partial charge in [-0.25, -0.2) is 0 Å². The van der Waals surface area contributed by atoms with E-state index in [1.54, 1.807) is 0 Å². The topological polar surface area (TPSA) is 87.7 Å². The second-order valence-electron chi connectivity index (χ2n) is 5.71. The van der Waals surface area contributed by atoms with E-state index in [-0.39, 0.29) is 23.7 Å². The molecule has 1 rings (SSSR count). The van der Waals surface area contributed by atoms with Crippen molar-refractivity contribution >= 4 is 11.7 Å². The monoisotopic (exact) mass is 255 g/mol. The van der Waals surface area contributed by atoms with Gasteiger partial charge in [0.05, 0.1) is 0 Å². The summed E-state index contributed by atoms with van der Waals surface area (Å²) in [5.74, 6) is 0.0902. The molecule has 104 valence electrons. The predicted molar refractivity (Wildman–Crippen MR) is 71.3 cm³/mol. The summed E-state index contributed by atoms with van der Waals surface area (Å²) in [6, 6.07) is 0.237. The zero-order valence-corrected chi connectivity index (χ0v) is 11.5. The number of amides is 1. The summed E-state index contributed by atoms with van der Waals surface area (Å²) in [7, 11) is 0. The minimum atomic E-state index is -0.547. The fourth-order valence-corrected chi connectivity index (χ4v) is 2.54. The van der Waals surface area contributed by atoms with Crippen molar-refractivity contribution in [3.05, 3.63) is 0 Å². The van der Waals surface area contributed by atoms with Crippen molar-refractivity contribution in [3.8, 4) is 0 Å². The van der Waals surface area contributed by atoms with Gasteiger partial charge < -0.3 is 16.3 Å². The van der Waals surface area contributed by atoms with Gasteiger partial charge in [0.15, 0.2) is 5.84 Å². The lowest BCUT2D eigenvalue weighted by molar-refractivity contribution is -0.125. The zero-order valence-electron chi connectivity index (χ0n) is 11.5. The van der Waals surface area contributed by atoms with Crippen LogP contribution < -0.4 is 11.1 Å². The Hall–Kier alpha value is -1.26. The van der Waals surface area contributed by atoms with Gasteiger partial charge >= 0.3 is 0 Å². The van der Waals surface area contributed by atoms with Crippen molar-refractivity contribution in [2.24, 2.45) is 28.6 Å². The number of nitrogens with two attached hydrogens (primary N) is 1. The van der Waals surface area contributed by atoms with Crippen molar-refractivity contribution in [2.75, 3.05) is 0 Å². The van der Waals surface area contributed by atoms with Crippen LogP contribution in [0.1, 0.15) is 46.5 Å². The summed E-state index contributed by atoms with van der Waals surface area (Å²) in [5, 5.41) is 14.7. The molecular weight excluding hydrogens is 230 g/mol. The van der Waals surface area contributed by atoms with Crippen LogP contribution in [0.5, 0.6) is 0 Å². The Kier molecular flexibility index (Phi) is 5.44. The van der Waals surface area contributed by atoms with Crippen LogP contribution in [0.2, 0.25) is 0 Å². The van der Waals surface area contributed by atoms with Crippen LogP contribution in [-0.2, 0) is 4.79 Å². The summed E-state index contributed by atoms with van der Waals surface area (Å²) in [6.45, 7) is 6.03. The number of hydrogen-bond acceptors (Lipinski definition) is 3. The molecule has 1 atom stereocenters. The molecule has 0 aromatic rings. The molecule has 1 aliphatic carbocycles. The van der Waals surface area contributed by atoms with Gasteiger partial charge in [-0.1, -0.05) is 25.9 Å². The van der Waals surface area contributed by atoms with E-state index in [4.69, 9.17) is 10.9 Å². The molecule has 1 amide bonds. The average molecular weight is 255 g/mol. The summed E-state index contributed by atoms with van der Waals surface area (Å²) in [5.41, 5.74) is 5.59. The number of amidine groups is 1. The summed E-state index contributed by atoms with van der Waals surface area (Å²) in [4.78, 5) is 12.2. The van der Waals surface area contributed by atoms with Gasteiger partial charge in [0.1, 0.15) is 5.92 Å². The number of hydrogen-bond donors (Lipinski definition) is 3. The first-order valence-electron chi connectivity index (χ1n) is 6.73. The fraction of sp³-hybridized carbons (Fsp3) is 0.846. The van der Waals surface area contributed by atoms with Crippen LogP contribution in [0, 0.1) is 17.8 Å². The maximum absolute atomic E-state index is 12.2. The highest BCUT2D eigenvalue weighted by atomic mass is 16.4. The van der Waals surface area contributed by atoms with Crippen LogP contribution in [0.4, 0.5) is 0 Å². The van der Waals surface area contributed by atoms with Gasteiger partial charge in [0, 0.05) is 6.04 Å². The van der Waals surface area contributed by atoms with Crippen LogP contribution in [-0.4, -0.2) is 23.0 Å². The average Bonchev–Trinajstić information content (AvgIpc) is 2.31. The Morgan fingerprint density at radius 3 is 2.33 bits per heavy atom. The molecule has 18 heavy (non-hydrogen) atoms. The van der Waals surface area contributed by atoms with Crippen LogP contribution in [0.25, 0.3) is 0 Å². The van der Waals surface area contributed by atoms with Crippen molar-refractivity contribution in [1.82, 2.24) is 5.32 Å². The number of carbonyl (C=O) groups excluding carboxylic acids is 1. The van der Waals surface area contributed by atoms with E-state index in [2.05, 4.69) is 17.4 Å². The number of carbonyl (C=O) groups is 1. The SMILES string of the molecule is CC1CCC(NC(=O)C(C(N)=NO)C(C)C)CC1. The lowest BCUT2D eigenvalue weighted by Gasteiger charge is -2.29. The molecule has 5 heteroatoms. The molecule has 0 spiro atoms. The van der Waals surface area contributed by atoms with Crippen LogP contribution in [0.15, 0.2) is 5.16 Å². The van der Waals surface area contributed by atoms with E-state index in [9.17, 15) is 4.79 Å². The minimum absolute atomic E-state index is 0.00771. The first kappa shape index (κ1) is 14.8. The van der Waals surface area contributed by atoms with Crippen LogP contribution in [0.3, 0.4) is 0 Å². The Bertz CT molecular complexity index is 307. The molecule has 0 bridgehead atoms. The zero-order chi connectivity index (χ0) is 13.7. The largest absolute Gasteiger partial charge is 0.409 e. The van der Waals surface area contributed by atoms with E-state index in [1.807, 2.05) is 13.8 Å². The van der Waals surface area contributed by atoms with Gasteiger partial charge in [-0.3, -0.25) is 4.79 Å². The summed E-state index contributed by atoms with van der Waals surface area (Å²) >= 11 is 0. The van der Waals surface area contributed by atoms with Gasteiger partial charge in [0.2, 0.25) is 5.91 Å². The van der Waals surface area contributed by atoms with Crippen molar-refractivity contribution < 1.29 is 10.0 Å². The molecule has 0 aromatic heterocycles. The third kappa shape index (κ3) is 3.89. The molecule has 4 N–H and O–H groups in total. The molecule has 0 radical (unpaired) electrons. The number of nitrogens with zero attached hydrogens (tertiary/aromatic N) is 1. The number of rotatable bonds is 4. The lowest BCUT2D eigenvalue weighted by atomic mass is 9.86. The van der Waals surface area contributed by atoms with Gasteiger partial charge in [-0.2, -0.15) is 0 Å². The maximum Gasteiger partial charge on any atom is 0.231 e. The first-order valence-corrected chi connectivity index (χ1v) is 6.73. The molecule has 5 nitrogen and oxygen atoms in total. The smallest absolute Gasteiger partial charge is 0.231 e. The summed E-state index contributed by atoms with van der Waals surface area (Å²) in [6.07, 6.45) is 4.35. The Labute approximate surface area is 109 Å². The second-order valence-corrected chi connectivity index (χ2v) is 5.71. The molecule has 0 heterocycles. The molecule has 1 aliphatic rings. The molecule has 1 fully saturated rings. The van der Waals surface area contributed by atoms with E-state index in [0.717, 1.165) is 31.6 Å². The van der Waals surface area contributed by atoms with E-state index >= 15 is 0 Å². The van der Waals surface area contributed by atoms with Crippen molar-refractivity contribution in [1.29, 1.82) is 0 Å². The number of nitrogens with one attached hydrogen (secondary N) is 1. The molecule has 0 aliphatic heterocycles. The van der Waals surface area contributed by atoms with E-state index < -0.39 is 5.92 Å². The minimum Gasteiger partial charge on any atom is -0.409 e. The molecule has 1 unspecified atom stereocenters. The van der Waals surface area contributed by atoms with E-state index in [0.29, 0.717) is 0 Å². The standard InChI is InChI=1S/C13H25N3O2/c1-8(2)11(12(14)16-18)13(17)15-10-6-4-9(3)5-7-10/h8-11,18H,4-7H2,1-3H3,(H2,14,16)(H,15,17). The molecule has 0 aromatic carbocycles. The molecule has 0 saturated heterocycles. The third-order valence-electron chi connectivity index (χ3n) is 3.75. The van der Waals surface area contributed by atoms with Gasteiger partial charge in [-0.05, 0) is 37.5 Å². The number of oxime groups is 1. The highest BCUT2D eigenvalue weighted by molar-refractivity contribution is 6.02. The van der Waals surface area contributed by atoms with Crippen molar-refractivity contribution in [3.63, 3.8) is 0 Å². The summed E-state index contributed by atoms with van der Waals surface area (Å²) < 4.78 is 0. The highest BCUT2D eigenvalue weighted by Crippen LogP contribution is 2.24. The normalized spacial score (nSPS) is 27.0. The highest BCUT2D eigenvalue weighted by Gasteiger charge is 2.29. The lowest BCUT2D eigenvalue weighted by Crippen LogP contribution is -2.46. The quantitative estimate of drug-likeness (QED) is 0.309. The molecular formula is C13H25N3O2. The maximum atomic E-state index is 12.2. The Morgan fingerprint density at radius 1 is 1.33 bits per heavy atom. The third-order valence-corrected chi connectivity index (χ3v) is 3.75. The first-order chi connectivity index (χ1) is 8.45.